The molecule has 0 N–H and O–H groups in total. The molecule has 1 unspecified atom stereocenters. The Morgan fingerprint density at radius 3 is 2.45 bits per heavy atom. The fourth-order valence-electron chi connectivity index (χ4n) is 3.07. The highest BCUT2D eigenvalue weighted by Gasteiger charge is 2.53. The minimum atomic E-state index is -0.448. The largest absolute Gasteiger partial charge is 0.463 e. The van der Waals surface area contributed by atoms with Gasteiger partial charge in [-0.2, -0.15) is 0 Å². The Morgan fingerprint density at radius 1 is 1.27 bits per heavy atom. The summed E-state index contributed by atoms with van der Waals surface area (Å²) in [6, 6.07) is 0. The van der Waals surface area contributed by atoms with Crippen molar-refractivity contribution >= 4 is 12.1 Å². The second kappa shape index (κ2) is 6.31. The summed E-state index contributed by atoms with van der Waals surface area (Å²) in [5.74, 6) is 0.174. The van der Waals surface area contributed by atoms with E-state index in [0.717, 1.165) is 32.4 Å². The van der Waals surface area contributed by atoms with Crippen molar-refractivity contribution in [2.45, 2.75) is 52.6 Å². The zero-order chi connectivity index (χ0) is 16.4. The van der Waals surface area contributed by atoms with Gasteiger partial charge in [0, 0.05) is 19.2 Å². The quantitative estimate of drug-likeness (QED) is 0.593. The Morgan fingerprint density at radius 2 is 1.91 bits per heavy atom. The molecule has 0 bridgehead atoms. The molecule has 1 saturated carbocycles. The first-order valence-corrected chi connectivity index (χ1v) is 8.09. The maximum atomic E-state index is 12.0. The minimum Gasteiger partial charge on any atom is -0.463 e. The first kappa shape index (κ1) is 16.8. The van der Waals surface area contributed by atoms with Crippen molar-refractivity contribution in [3.05, 3.63) is 12.2 Å². The van der Waals surface area contributed by atoms with Gasteiger partial charge in [0.15, 0.2) is 0 Å². The van der Waals surface area contributed by atoms with Crippen molar-refractivity contribution < 1.29 is 19.1 Å². The molecule has 0 aromatic rings. The van der Waals surface area contributed by atoms with Gasteiger partial charge >= 0.3 is 12.1 Å². The molecule has 1 saturated heterocycles. The van der Waals surface area contributed by atoms with Gasteiger partial charge in [-0.05, 0) is 58.3 Å². The Hall–Kier alpha value is -1.52. The van der Waals surface area contributed by atoms with E-state index in [1.807, 2.05) is 26.8 Å². The summed E-state index contributed by atoms with van der Waals surface area (Å²) >= 11 is 0. The molecule has 0 radical (unpaired) electrons. The monoisotopic (exact) mass is 309 g/mol. The summed E-state index contributed by atoms with van der Waals surface area (Å²) in [6.07, 6.45) is 6.35. The molecule has 5 heteroatoms. The van der Waals surface area contributed by atoms with Crippen LogP contribution in [0.1, 0.15) is 47.0 Å². The average Bonchev–Trinajstić information content (AvgIpc) is 3.08. The summed E-state index contributed by atoms with van der Waals surface area (Å²) in [4.78, 5) is 25.2. The second-order valence-electron chi connectivity index (χ2n) is 7.25. The fourth-order valence-corrected chi connectivity index (χ4v) is 3.07. The van der Waals surface area contributed by atoms with E-state index in [9.17, 15) is 9.59 Å². The second-order valence-corrected chi connectivity index (χ2v) is 7.25. The molecule has 1 aliphatic heterocycles. The van der Waals surface area contributed by atoms with Crippen LogP contribution in [0, 0.1) is 11.3 Å². The predicted molar refractivity (Wildman–Crippen MR) is 83.4 cm³/mol. The molecule has 5 nitrogen and oxygen atoms in total. The SMILES string of the molecule is CCOC(=O)/C=C/C1CC12CCN(C(=O)OC(C)(C)C)CC2. The first-order valence-electron chi connectivity index (χ1n) is 8.09. The van der Waals surface area contributed by atoms with Crippen molar-refractivity contribution in [1.29, 1.82) is 0 Å². The standard InChI is InChI=1S/C17H27NO4/c1-5-21-14(19)7-6-13-12-17(13)8-10-18(11-9-17)15(20)22-16(2,3)4/h6-7,13H,5,8-12H2,1-4H3/b7-6+. The van der Waals surface area contributed by atoms with Gasteiger partial charge in [-0.15, -0.1) is 0 Å². The molecule has 2 rings (SSSR count). The summed E-state index contributed by atoms with van der Waals surface area (Å²) in [7, 11) is 0. The van der Waals surface area contributed by atoms with Gasteiger partial charge in [-0.25, -0.2) is 9.59 Å². The Kier molecular flexibility index (Phi) is 4.83. The molecule has 124 valence electrons. The fraction of sp³-hybridized carbons (Fsp3) is 0.765. The molecule has 0 aromatic carbocycles. The van der Waals surface area contributed by atoms with Gasteiger partial charge in [0.05, 0.1) is 6.61 Å². The Bertz CT molecular complexity index is 456. The molecule has 1 aliphatic carbocycles. The van der Waals surface area contributed by atoms with E-state index in [-0.39, 0.29) is 17.5 Å². The molecule has 2 fully saturated rings. The number of carbonyl (C=O) groups excluding carboxylic acids is 2. The predicted octanol–water partition coefficient (Wildman–Crippen LogP) is 3.14. The summed E-state index contributed by atoms with van der Waals surface area (Å²) in [5.41, 5.74) is -0.168. The van der Waals surface area contributed by atoms with Gasteiger partial charge < -0.3 is 14.4 Å². The van der Waals surface area contributed by atoms with Gasteiger partial charge in [0.1, 0.15) is 5.60 Å². The molecule has 1 spiro atoms. The molecule has 1 amide bonds. The summed E-state index contributed by atoms with van der Waals surface area (Å²) < 4.78 is 10.3. The maximum Gasteiger partial charge on any atom is 0.410 e. The van der Waals surface area contributed by atoms with Crippen LogP contribution >= 0.6 is 0 Å². The first-order chi connectivity index (χ1) is 10.3. The molecule has 2 aliphatic rings. The number of piperidine rings is 1. The van der Waals surface area contributed by atoms with Gasteiger partial charge in [-0.1, -0.05) is 6.08 Å². The topological polar surface area (TPSA) is 55.8 Å². The summed E-state index contributed by atoms with van der Waals surface area (Å²) in [6.45, 7) is 9.33. The highest BCUT2D eigenvalue weighted by atomic mass is 16.6. The smallest absolute Gasteiger partial charge is 0.410 e. The van der Waals surface area contributed by atoms with E-state index in [1.54, 1.807) is 17.9 Å². The van der Waals surface area contributed by atoms with Crippen LogP contribution in [0.3, 0.4) is 0 Å². The van der Waals surface area contributed by atoms with Crippen molar-refractivity contribution in [3.63, 3.8) is 0 Å². The number of likely N-dealkylation sites (tertiary alicyclic amines) is 1. The molecular weight excluding hydrogens is 282 g/mol. The third-order valence-corrected chi connectivity index (χ3v) is 4.42. The lowest BCUT2D eigenvalue weighted by Gasteiger charge is -2.34. The number of nitrogens with zero attached hydrogens (tertiary/aromatic N) is 1. The number of hydrogen-bond acceptors (Lipinski definition) is 4. The maximum absolute atomic E-state index is 12.0. The molecule has 0 aromatic heterocycles. The van der Waals surface area contributed by atoms with Gasteiger partial charge in [0.25, 0.3) is 0 Å². The third-order valence-electron chi connectivity index (χ3n) is 4.42. The van der Waals surface area contributed by atoms with E-state index >= 15 is 0 Å². The van der Waals surface area contributed by atoms with Crippen LogP contribution in [0.2, 0.25) is 0 Å². The van der Waals surface area contributed by atoms with Crippen molar-refractivity contribution in [1.82, 2.24) is 4.90 Å². The lowest BCUT2D eigenvalue weighted by Crippen LogP contribution is -2.42. The number of esters is 1. The zero-order valence-corrected chi connectivity index (χ0v) is 14.1. The average molecular weight is 309 g/mol. The number of amides is 1. The number of rotatable bonds is 3. The van der Waals surface area contributed by atoms with E-state index in [0.29, 0.717) is 12.5 Å². The van der Waals surface area contributed by atoms with E-state index < -0.39 is 5.60 Å². The van der Waals surface area contributed by atoms with Gasteiger partial charge in [-0.3, -0.25) is 0 Å². The van der Waals surface area contributed by atoms with Crippen LogP contribution in [0.25, 0.3) is 0 Å². The Balaban J connectivity index is 1.79. The van der Waals surface area contributed by atoms with Gasteiger partial charge in [0.2, 0.25) is 0 Å². The lowest BCUT2D eigenvalue weighted by molar-refractivity contribution is -0.137. The van der Waals surface area contributed by atoms with E-state index in [2.05, 4.69) is 0 Å². The third kappa shape index (κ3) is 4.24. The molecule has 1 atom stereocenters. The lowest BCUT2D eigenvalue weighted by atomic mass is 9.91. The van der Waals surface area contributed by atoms with Crippen LogP contribution in [0.5, 0.6) is 0 Å². The van der Waals surface area contributed by atoms with Crippen LogP contribution in [-0.2, 0) is 14.3 Å². The molecular formula is C17H27NO4. The number of carbonyl (C=O) groups is 2. The highest BCUT2D eigenvalue weighted by Crippen LogP contribution is 2.60. The zero-order valence-electron chi connectivity index (χ0n) is 14.1. The molecule has 1 heterocycles. The number of hydrogen-bond donors (Lipinski definition) is 0. The van der Waals surface area contributed by atoms with Crippen LogP contribution in [0.4, 0.5) is 4.79 Å². The molecule has 22 heavy (non-hydrogen) atoms. The highest BCUT2D eigenvalue weighted by molar-refractivity contribution is 5.82. The Labute approximate surface area is 132 Å². The number of ether oxygens (including phenoxy) is 2. The summed E-state index contributed by atoms with van der Waals surface area (Å²) in [5, 5.41) is 0. The van der Waals surface area contributed by atoms with Crippen molar-refractivity contribution in [2.24, 2.45) is 11.3 Å². The van der Waals surface area contributed by atoms with Crippen LogP contribution in [0.15, 0.2) is 12.2 Å². The minimum absolute atomic E-state index is 0.221. The van der Waals surface area contributed by atoms with E-state index in [4.69, 9.17) is 9.47 Å². The normalized spacial score (nSPS) is 23.6. The number of allylic oxidation sites excluding steroid dienone is 1. The van der Waals surface area contributed by atoms with Crippen molar-refractivity contribution in [3.8, 4) is 0 Å². The van der Waals surface area contributed by atoms with Crippen LogP contribution in [-0.4, -0.2) is 42.3 Å². The van der Waals surface area contributed by atoms with Crippen molar-refractivity contribution in [2.75, 3.05) is 19.7 Å². The van der Waals surface area contributed by atoms with E-state index in [1.165, 1.54) is 0 Å². The van der Waals surface area contributed by atoms with Crippen LogP contribution < -0.4 is 0 Å².